The summed E-state index contributed by atoms with van der Waals surface area (Å²) in [4.78, 5) is 15.8. The third-order valence-corrected chi connectivity index (χ3v) is 6.79. The minimum Gasteiger partial charge on any atom is -0.406 e. The van der Waals surface area contributed by atoms with Gasteiger partial charge in [-0.15, -0.1) is 13.2 Å². The topological polar surface area (TPSA) is 79.0 Å². The molecule has 1 aliphatic heterocycles. The molecule has 1 aliphatic carbocycles. The van der Waals surface area contributed by atoms with Crippen LogP contribution in [0.1, 0.15) is 5.56 Å². The molecule has 2 atom stereocenters. The van der Waals surface area contributed by atoms with Crippen molar-refractivity contribution < 1.29 is 31.1 Å². The molecule has 1 aromatic rings. The monoisotopic (exact) mass is 463 g/mol. The van der Waals surface area contributed by atoms with Gasteiger partial charge in [0.2, 0.25) is 5.91 Å². The Morgan fingerprint density at radius 1 is 1.29 bits per heavy atom. The fourth-order valence-corrected chi connectivity index (χ4v) is 4.75. The first-order chi connectivity index (χ1) is 14.4. The summed E-state index contributed by atoms with van der Waals surface area (Å²) < 4.78 is 63.4. The molecule has 2 fully saturated rings. The fraction of sp³-hybridized carbons (Fsp3) is 0.650. The molecular weight excluding hydrogens is 435 g/mol. The Balaban J connectivity index is 1.34. The van der Waals surface area contributed by atoms with Gasteiger partial charge in [-0.05, 0) is 42.0 Å². The molecule has 1 heterocycles. The number of likely N-dealkylation sites (tertiary alicyclic amines) is 1. The van der Waals surface area contributed by atoms with Crippen LogP contribution in [-0.2, 0) is 21.2 Å². The van der Waals surface area contributed by atoms with Gasteiger partial charge in [0.05, 0.1) is 12.3 Å². The highest BCUT2D eigenvalue weighted by Crippen LogP contribution is 2.51. The van der Waals surface area contributed by atoms with E-state index < -0.39 is 16.2 Å². The first-order valence-corrected chi connectivity index (χ1v) is 12.2. The maximum absolute atomic E-state index is 12.3. The Bertz CT molecular complexity index is 882. The summed E-state index contributed by atoms with van der Waals surface area (Å²) >= 11 is 0. The number of hydrogen-bond acceptors (Lipinski definition) is 6. The number of halogens is 3. The molecule has 1 aromatic carbocycles. The number of amides is 1. The zero-order valence-corrected chi connectivity index (χ0v) is 18.4. The quantitative estimate of drug-likeness (QED) is 0.565. The molecule has 1 amide bonds. The van der Waals surface area contributed by atoms with Gasteiger partial charge in [-0.3, -0.25) is 9.69 Å². The number of benzene rings is 1. The summed E-state index contributed by atoms with van der Waals surface area (Å²) in [6, 6.07) is 5.93. The van der Waals surface area contributed by atoms with Gasteiger partial charge < -0.3 is 15.0 Å². The van der Waals surface area contributed by atoms with Crippen molar-refractivity contribution in [2.75, 3.05) is 51.8 Å². The van der Waals surface area contributed by atoms with Gasteiger partial charge in [-0.1, -0.05) is 12.1 Å². The minimum absolute atomic E-state index is 0.0422. The van der Waals surface area contributed by atoms with Crippen LogP contribution in [0.4, 0.5) is 13.2 Å². The van der Waals surface area contributed by atoms with Crippen LogP contribution in [0, 0.1) is 17.8 Å². The third-order valence-electron chi connectivity index (χ3n) is 5.87. The predicted molar refractivity (Wildman–Crippen MR) is 109 cm³/mol. The molecule has 2 aliphatic rings. The van der Waals surface area contributed by atoms with Crippen molar-refractivity contribution in [3.63, 3.8) is 0 Å². The van der Waals surface area contributed by atoms with Crippen molar-refractivity contribution in [2.45, 2.75) is 12.9 Å². The second kappa shape index (κ2) is 9.33. The van der Waals surface area contributed by atoms with Crippen molar-refractivity contribution in [2.24, 2.45) is 17.8 Å². The smallest absolute Gasteiger partial charge is 0.406 e. The molecule has 3 rings (SSSR count). The molecule has 1 saturated carbocycles. The van der Waals surface area contributed by atoms with E-state index >= 15 is 0 Å². The summed E-state index contributed by atoms with van der Waals surface area (Å²) in [5.74, 6) is 1.18. The van der Waals surface area contributed by atoms with Gasteiger partial charge in [-0.2, -0.15) is 0 Å². The number of nitrogens with one attached hydrogen (secondary N) is 1. The third kappa shape index (κ3) is 7.36. The van der Waals surface area contributed by atoms with Gasteiger partial charge in [0.25, 0.3) is 0 Å². The van der Waals surface area contributed by atoms with Gasteiger partial charge in [0.1, 0.15) is 15.6 Å². The van der Waals surface area contributed by atoms with E-state index in [0.29, 0.717) is 30.8 Å². The van der Waals surface area contributed by atoms with Crippen LogP contribution in [0.3, 0.4) is 0 Å². The van der Waals surface area contributed by atoms with Crippen LogP contribution >= 0.6 is 0 Å². The highest BCUT2D eigenvalue weighted by molar-refractivity contribution is 7.90. The lowest BCUT2D eigenvalue weighted by atomic mass is 10.2. The summed E-state index contributed by atoms with van der Waals surface area (Å²) in [5, 5.41) is 3.30. The van der Waals surface area contributed by atoms with E-state index in [-0.39, 0.29) is 24.0 Å². The van der Waals surface area contributed by atoms with Crippen molar-refractivity contribution in [3.8, 4) is 5.75 Å². The molecule has 0 spiro atoms. The normalized spacial score (nSPS) is 23.5. The van der Waals surface area contributed by atoms with Crippen LogP contribution in [0.15, 0.2) is 24.3 Å². The Labute approximate surface area is 180 Å². The molecule has 0 aromatic heterocycles. The number of rotatable bonds is 10. The van der Waals surface area contributed by atoms with Gasteiger partial charge in [-0.25, -0.2) is 8.42 Å². The Kier molecular flexibility index (Phi) is 7.17. The van der Waals surface area contributed by atoms with E-state index in [2.05, 4.69) is 15.0 Å². The number of carbonyl (C=O) groups is 1. The van der Waals surface area contributed by atoms with E-state index in [0.717, 1.165) is 31.5 Å². The molecule has 1 N–H and O–H groups in total. The van der Waals surface area contributed by atoms with E-state index in [1.807, 2.05) is 0 Å². The van der Waals surface area contributed by atoms with Crippen LogP contribution in [0.2, 0.25) is 0 Å². The van der Waals surface area contributed by atoms with Crippen LogP contribution in [-0.4, -0.2) is 82.3 Å². The number of alkyl halides is 3. The highest BCUT2D eigenvalue weighted by Gasteiger charge is 2.55. The number of likely N-dealkylation sites (N-methyl/N-ethyl adjacent to an activating group) is 1. The van der Waals surface area contributed by atoms with E-state index in [1.54, 1.807) is 13.1 Å². The highest BCUT2D eigenvalue weighted by atomic mass is 32.2. The van der Waals surface area contributed by atoms with Crippen LogP contribution < -0.4 is 10.1 Å². The standard InChI is InChI=1S/C20H28F3N3O4S/c1-25(6-7-31(2,28)29)19(27)13-26-11-17-16(18(17)12-26)10-24-9-14-4-3-5-15(8-14)30-20(21,22)23/h3-5,8,16-18,24H,6-7,9-13H2,1-2H3. The van der Waals surface area contributed by atoms with Crippen molar-refractivity contribution in [1.82, 2.24) is 15.1 Å². The van der Waals surface area contributed by atoms with E-state index in [9.17, 15) is 26.4 Å². The lowest BCUT2D eigenvalue weighted by molar-refractivity contribution is -0.274. The number of ether oxygens (including phenoxy) is 1. The number of nitrogens with zero attached hydrogens (tertiary/aromatic N) is 2. The number of carbonyl (C=O) groups excluding carboxylic acids is 1. The summed E-state index contributed by atoms with van der Waals surface area (Å²) in [6.07, 6.45) is -3.55. The lowest BCUT2D eigenvalue weighted by Gasteiger charge is -2.23. The summed E-state index contributed by atoms with van der Waals surface area (Å²) in [6.45, 7) is 3.38. The molecule has 31 heavy (non-hydrogen) atoms. The largest absolute Gasteiger partial charge is 0.573 e. The first-order valence-electron chi connectivity index (χ1n) is 10.1. The zero-order valence-electron chi connectivity index (χ0n) is 17.6. The van der Waals surface area contributed by atoms with Crippen molar-refractivity contribution in [1.29, 1.82) is 0 Å². The van der Waals surface area contributed by atoms with Gasteiger partial charge in [0, 0.05) is 39.5 Å². The molecule has 174 valence electrons. The fourth-order valence-electron chi connectivity index (χ4n) is 4.14. The maximum Gasteiger partial charge on any atom is 0.573 e. The van der Waals surface area contributed by atoms with Gasteiger partial charge >= 0.3 is 6.36 Å². The molecule has 0 bridgehead atoms. The second-order valence-corrected chi connectivity index (χ2v) is 10.7. The summed E-state index contributed by atoms with van der Waals surface area (Å²) in [5.41, 5.74) is 0.719. The second-order valence-electron chi connectivity index (χ2n) is 8.46. The van der Waals surface area contributed by atoms with Crippen LogP contribution in [0.25, 0.3) is 0 Å². The predicted octanol–water partition coefficient (Wildman–Crippen LogP) is 1.36. The molecule has 0 radical (unpaired) electrons. The lowest BCUT2D eigenvalue weighted by Crippen LogP contribution is -2.40. The molecular formula is C20H28F3N3O4S. The van der Waals surface area contributed by atoms with E-state index in [1.165, 1.54) is 23.1 Å². The maximum atomic E-state index is 12.3. The summed E-state index contributed by atoms with van der Waals surface area (Å²) in [7, 11) is -1.48. The van der Waals surface area contributed by atoms with Crippen molar-refractivity contribution in [3.05, 3.63) is 29.8 Å². The first kappa shape index (κ1) is 23.8. The van der Waals surface area contributed by atoms with E-state index in [4.69, 9.17) is 0 Å². The number of sulfone groups is 1. The van der Waals surface area contributed by atoms with Crippen LogP contribution in [0.5, 0.6) is 5.75 Å². The average Bonchev–Trinajstić information content (AvgIpc) is 3.09. The Morgan fingerprint density at radius 3 is 2.58 bits per heavy atom. The zero-order chi connectivity index (χ0) is 22.8. The number of piperidine rings is 1. The molecule has 2 unspecified atom stereocenters. The average molecular weight is 464 g/mol. The Morgan fingerprint density at radius 2 is 1.97 bits per heavy atom. The van der Waals surface area contributed by atoms with Gasteiger partial charge in [0.15, 0.2) is 0 Å². The minimum atomic E-state index is -4.70. The number of fused-ring (bicyclic) bond motifs is 1. The Hall–Kier alpha value is -1.85. The molecule has 7 nitrogen and oxygen atoms in total. The SMILES string of the molecule is CN(CCS(C)(=O)=O)C(=O)CN1CC2C(CNCc3cccc(OC(F)(F)F)c3)C2C1. The number of hydrogen-bond donors (Lipinski definition) is 1. The molecule has 1 saturated heterocycles. The molecule has 11 heteroatoms. The van der Waals surface area contributed by atoms with Crippen molar-refractivity contribution >= 4 is 15.7 Å².